The van der Waals surface area contributed by atoms with Gasteiger partial charge in [-0.25, -0.2) is 13.1 Å². The van der Waals surface area contributed by atoms with Crippen LogP contribution in [0.5, 0.6) is 0 Å². The first-order chi connectivity index (χ1) is 9.66. The molecule has 1 aliphatic rings. The minimum Gasteiger partial charge on any atom is -0.389 e. The van der Waals surface area contributed by atoms with Gasteiger partial charge in [-0.15, -0.1) is 0 Å². The van der Waals surface area contributed by atoms with Crippen molar-refractivity contribution < 1.29 is 18.3 Å². The van der Waals surface area contributed by atoms with Gasteiger partial charge in [-0.05, 0) is 37.1 Å². The fraction of sp³-hybridized carbons (Fsp3) is 0.500. The third-order valence-electron chi connectivity index (χ3n) is 3.84. The highest BCUT2D eigenvalue weighted by Gasteiger charge is 2.27. The van der Waals surface area contributed by atoms with Gasteiger partial charge < -0.3 is 10.0 Å². The number of rotatable bonds is 5. The van der Waals surface area contributed by atoms with Crippen LogP contribution in [0.25, 0.3) is 0 Å². The van der Waals surface area contributed by atoms with Crippen LogP contribution in [0.15, 0.2) is 23.1 Å². The summed E-state index contributed by atoms with van der Waals surface area (Å²) < 4.78 is 26.9. The molecular formula is C14H20N2O4S. The number of hydrogen-bond acceptors (Lipinski definition) is 4. The lowest BCUT2D eigenvalue weighted by Gasteiger charge is -2.21. The monoisotopic (exact) mass is 312 g/mol. The summed E-state index contributed by atoms with van der Waals surface area (Å²) >= 11 is 0. The van der Waals surface area contributed by atoms with Crippen LogP contribution < -0.4 is 9.62 Å². The second-order valence-electron chi connectivity index (χ2n) is 5.60. The molecule has 1 heterocycles. The average molecular weight is 312 g/mol. The van der Waals surface area contributed by atoms with Crippen LogP contribution in [0.4, 0.5) is 5.69 Å². The number of likely N-dealkylation sites (N-methyl/N-ethyl adjacent to an activating group) is 1. The molecule has 7 heteroatoms. The zero-order valence-corrected chi connectivity index (χ0v) is 13.2. The van der Waals surface area contributed by atoms with Crippen LogP contribution in [-0.2, 0) is 21.2 Å². The number of benzene rings is 1. The molecular weight excluding hydrogens is 292 g/mol. The van der Waals surface area contributed by atoms with Gasteiger partial charge >= 0.3 is 0 Å². The van der Waals surface area contributed by atoms with E-state index >= 15 is 0 Å². The molecule has 21 heavy (non-hydrogen) atoms. The molecule has 1 aromatic carbocycles. The van der Waals surface area contributed by atoms with Crippen molar-refractivity contribution in [2.75, 3.05) is 18.5 Å². The van der Waals surface area contributed by atoms with Crippen molar-refractivity contribution in [3.63, 3.8) is 0 Å². The molecule has 1 aliphatic heterocycles. The Hall–Kier alpha value is -1.44. The van der Waals surface area contributed by atoms with E-state index in [9.17, 15) is 18.3 Å². The standard InChI is InChI=1S/C14H20N2O4S/c1-4-14(2,18)9-15-21(19,20)11-5-6-12-10(7-11)8-13(17)16(12)3/h5-7,15,18H,4,8-9H2,1-3H3. The maximum atomic E-state index is 12.2. The van der Waals surface area contributed by atoms with E-state index in [-0.39, 0.29) is 23.8 Å². The number of sulfonamides is 1. The Balaban J connectivity index is 2.23. The van der Waals surface area contributed by atoms with Crippen LogP contribution in [-0.4, -0.2) is 38.6 Å². The molecule has 0 radical (unpaired) electrons. The Labute approximate surface area is 124 Å². The van der Waals surface area contributed by atoms with Crippen molar-refractivity contribution in [3.8, 4) is 0 Å². The maximum Gasteiger partial charge on any atom is 0.240 e. The van der Waals surface area contributed by atoms with Gasteiger partial charge in [0.1, 0.15) is 0 Å². The Morgan fingerprint density at radius 3 is 2.71 bits per heavy atom. The van der Waals surface area contributed by atoms with Crippen LogP contribution in [0.3, 0.4) is 0 Å². The van der Waals surface area contributed by atoms with Crippen molar-refractivity contribution in [2.45, 2.75) is 37.2 Å². The second kappa shape index (κ2) is 5.40. The van der Waals surface area contributed by atoms with Crippen molar-refractivity contribution >= 4 is 21.6 Å². The quantitative estimate of drug-likeness (QED) is 0.835. The zero-order valence-electron chi connectivity index (χ0n) is 12.4. The first kappa shape index (κ1) is 15.9. The fourth-order valence-electron chi connectivity index (χ4n) is 2.07. The number of hydrogen-bond donors (Lipinski definition) is 2. The SMILES string of the molecule is CCC(C)(O)CNS(=O)(=O)c1ccc2c(c1)CC(=O)N2C. The second-order valence-corrected chi connectivity index (χ2v) is 7.36. The molecule has 0 aliphatic carbocycles. The number of aliphatic hydroxyl groups is 1. The Morgan fingerprint density at radius 2 is 2.10 bits per heavy atom. The molecule has 1 unspecified atom stereocenters. The summed E-state index contributed by atoms with van der Waals surface area (Å²) in [6.07, 6.45) is 0.654. The van der Waals surface area contributed by atoms with Crippen LogP contribution in [0.2, 0.25) is 0 Å². The lowest BCUT2D eigenvalue weighted by molar-refractivity contribution is -0.117. The highest BCUT2D eigenvalue weighted by Crippen LogP contribution is 2.29. The minimum atomic E-state index is -3.70. The topological polar surface area (TPSA) is 86.7 Å². The molecule has 0 spiro atoms. The van der Waals surface area contributed by atoms with Gasteiger partial charge in [-0.2, -0.15) is 0 Å². The number of nitrogens with zero attached hydrogens (tertiary/aromatic N) is 1. The van der Waals surface area contributed by atoms with Gasteiger partial charge in [-0.3, -0.25) is 4.79 Å². The van der Waals surface area contributed by atoms with E-state index in [0.29, 0.717) is 12.0 Å². The van der Waals surface area contributed by atoms with E-state index in [4.69, 9.17) is 0 Å². The number of nitrogens with one attached hydrogen (secondary N) is 1. The highest BCUT2D eigenvalue weighted by atomic mass is 32.2. The van der Waals surface area contributed by atoms with Crippen molar-refractivity contribution in [1.29, 1.82) is 0 Å². The van der Waals surface area contributed by atoms with Gasteiger partial charge in [0.25, 0.3) is 0 Å². The molecule has 0 bridgehead atoms. The lowest BCUT2D eigenvalue weighted by atomic mass is 10.1. The van der Waals surface area contributed by atoms with Gasteiger partial charge in [0.15, 0.2) is 0 Å². The summed E-state index contributed by atoms with van der Waals surface area (Å²) in [5.74, 6) is -0.0542. The zero-order chi connectivity index (χ0) is 15.8. The van der Waals surface area contributed by atoms with E-state index < -0.39 is 15.6 Å². The van der Waals surface area contributed by atoms with Gasteiger partial charge in [-0.1, -0.05) is 6.92 Å². The number of carbonyl (C=O) groups excluding carboxylic acids is 1. The van der Waals surface area contributed by atoms with E-state index in [1.807, 2.05) is 0 Å². The predicted octanol–water partition coefficient (Wildman–Crippen LogP) is 0.645. The van der Waals surface area contributed by atoms with Crippen molar-refractivity contribution in [2.24, 2.45) is 0 Å². The summed E-state index contributed by atoms with van der Waals surface area (Å²) in [5, 5.41) is 9.88. The molecule has 1 amide bonds. The minimum absolute atomic E-state index is 0.0538. The molecule has 0 saturated heterocycles. The summed E-state index contributed by atoms with van der Waals surface area (Å²) in [4.78, 5) is 13.2. The number of anilines is 1. The van der Waals surface area contributed by atoms with Gasteiger partial charge in [0, 0.05) is 19.3 Å². The third-order valence-corrected chi connectivity index (χ3v) is 5.24. The molecule has 1 atom stereocenters. The number of fused-ring (bicyclic) bond motifs is 1. The van der Waals surface area contributed by atoms with Crippen LogP contribution in [0, 0.1) is 0 Å². The Morgan fingerprint density at radius 1 is 1.43 bits per heavy atom. The van der Waals surface area contributed by atoms with Gasteiger partial charge in [0.05, 0.1) is 16.9 Å². The number of amides is 1. The average Bonchev–Trinajstić information content (AvgIpc) is 2.72. The van der Waals surface area contributed by atoms with E-state index in [1.165, 1.54) is 17.0 Å². The van der Waals surface area contributed by atoms with Crippen molar-refractivity contribution in [3.05, 3.63) is 23.8 Å². The number of carbonyl (C=O) groups is 1. The summed E-state index contributed by atoms with van der Waals surface area (Å²) in [5.41, 5.74) is 0.354. The fourth-order valence-corrected chi connectivity index (χ4v) is 3.28. The Kier molecular flexibility index (Phi) is 4.10. The predicted molar refractivity (Wildman–Crippen MR) is 79.7 cm³/mol. The van der Waals surface area contributed by atoms with Crippen LogP contribution in [0.1, 0.15) is 25.8 Å². The first-order valence-electron chi connectivity index (χ1n) is 6.78. The first-order valence-corrected chi connectivity index (χ1v) is 8.26. The van der Waals surface area contributed by atoms with E-state index in [2.05, 4.69) is 4.72 Å². The lowest BCUT2D eigenvalue weighted by Crippen LogP contribution is -2.40. The third kappa shape index (κ3) is 3.25. The molecule has 0 aromatic heterocycles. The van der Waals surface area contributed by atoms with Crippen LogP contribution >= 0.6 is 0 Å². The molecule has 2 rings (SSSR count). The molecule has 2 N–H and O–H groups in total. The Bertz CT molecular complexity index is 668. The summed E-state index contributed by atoms with van der Waals surface area (Å²) in [7, 11) is -2.03. The summed E-state index contributed by atoms with van der Waals surface area (Å²) in [6.45, 7) is 3.30. The maximum absolute atomic E-state index is 12.2. The highest BCUT2D eigenvalue weighted by molar-refractivity contribution is 7.89. The smallest absolute Gasteiger partial charge is 0.240 e. The molecule has 0 fully saturated rings. The largest absolute Gasteiger partial charge is 0.389 e. The van der Waals surface area contributed by atoms with E-state index in [0.717, 1.165) is 5.69 Å². The molecule has 1 aromatic rings. The molecule has 6 nitrogen and oxygen atoms in total. The summed E-state index contributed by atoms with van der Waals surface area (Å²) in [6, 6.07) is 4.61. The molecule has 0 saturated carbocycles. The molecule has 116 valence electrons. The van der Waals surface area contributed by atoms with E-state index in [1.54, 1.807) is 27.0 Å². The normalized spacial score (nSPS) is 17.7. The van der Waals surface area contributed by atoms with Crippen molar-refractivity contribution in [1.82, 2.24) is 4.72 Å². The van der Waals surface area contributed by atoms with Gasteiger partial charge in [0.2, 0.25) is 15.9 Å².